The van der Waals surface area contributed by atoms with Gasteiger partial charge in [0, 0.05) is 47.7 Å². The lowest BCUT2D eigenvalue weighted by Crippen LogP contribution is -2.42. The maximum Gasteiger partial charge on any atom is 0.137 e. The van der Waals surface area contributed by atoms with Crippen molar-refractivity contribution in [3.8, 4) is 5.75 Å². The van der Waals surface area contributed by atoms with Crippen LogP contribution in [-0.4, -0.2) is 42.2 Å². The highest BCUT2D eigenvalue weighted by molar-refractivity contribution is 9.07. The highest BCUT2D eigenvalue weighted by atomic mass is 79.9. The fraction of sp³-hybridized carbons (Fsp3) is 0.261. The maximum absolute atomic E-state index is 5.45. The second kappa shape index (κ2) is 8.76. The van der Waals surface area contributed by atoms with Gasteiger partial charge >= 0.3 is 0 Å². The summed E-state index contributed by atoms with van der Waals surface area (Å²) < 4.78 is 7.63. The SMILES string of the molecule is COc1ccccc1C/C=C/c1cc2ccccc2c(N2CCN(Br)CC2)n1. The minimum Gasteiger partial charge on any atom is -0.496 e. The molecule has 0 bridgehead atoms. The van der Waals surface area contributed by atoms with Crippen LogP contribution in [0.2, 0.25) is 0 Å². The van der Waals surface area contributed by atoms with E-state index in [1.807, 2.05) is 18.2 Å². The minimum absolute atomic E-state index is 0.816. The first-order valence-electron chi connectivity index (χ1n) is 9.58. The molecule has 0 unspecified atom stereocenters. The molecule has 0 N–H and O–H groups in total. The first kappa shape index (κ1) is 19.0. The number of benzene rings is 2. The molecular weight excluding hydrogens is 414 g/mol. The zero-order valence-corrected chi connectivity index (χ0v) is 17.6. The van der Waals surface area contributed by atoms with Gasteiger partial charge in [0.1, 0.15) is 11.6 Å². The number of halogens is 1. The summed E-state index contributed by atoms with van der Waals surface area (Å²) in [5.41, 5.74) is 2.17. The summed E-state index contributed by atoms with van der Waals surface area (Å²) in [6.07, 6.45) is 5.09. The third-order valence-electron chi connectivity index (χ3n) is 5.08. The number of para-hydroxylation sites is 1. The van der Waals surface area contributed by atoms with E-state index in [4.69, 9.17) is 9.72 Å². The number of aromatic nitrogens is 1. The Hall–Kier alpha value is -2.37. The van der Waals surface area contributed by atoms with Crippen LogP contribution in [0, 0.1) is 0 Å². The predicted octanol–water partition coefficient (Wildman–Crippen LogP) is 4.93. The van der Waals surface area contributed by atoms with E-state index < -0.39 is 0 Å². The first-order valence-corrected chi connectivity index (χ1v) is 10.3. The lowest BCUT2D eigenvalue weighted by atomic mass is 10.1. The summed E-state index contributed by atoms with van der Waals surface area (Å²) in [5.74, 6) is 2.00. The molecule has 28 heavy (non-hydrogen) atoms. The van der Waals surface area contributed by atoms with Crippen molar-refractivity contribution in [1.82, 2.24) is 8.91 Å². The van der Waals surface area contributed by atoms with Crippen LogP contribution < -0.4 is 9.64 Å². The number of nitrogens with zero attached hydrogens (tertiary/aromatic N) is 3. The van der Waals surface area contributed by atoms with Gasteiger partial charge in [-0.2, -0.15) is 0 Å². The second-order valence-electron chi connectivity index (χ2n) is 6.91. The largest absolute Gasteiger partial charge is 0.496 e. The molecule has 4 nitrogen and oxygen atoms in total. The smallest absolute Gasteiger partial charge is 0.137 e. The monoisotopic (exact) mass is 437 g/mol. The van der Waals surface area contributed by atoms with E-state index in [2.05, 4.69) is 73.5 Å². The van der Waals surface area contributed by atoms with Gasteiger partial charge in [0.2, 0.25) is 0 Å². The number of pyridine rings is 1. The van der Waals surface area contributed by atoms with Crippen molar-refractivity contribution in [2.24, 2.45) is 0 Å². The Labute approximate surface area is 174 Å². The third-order valence-corrected chi connectivity index (χ3v) is 5.79. The Bertz CT molecular complexity index is 980. The molecule has 5 heteroatoms. The molecule has 1 aliphatic heterocycles. The van der Waals surface area contributed by atoms with Gasteiger partial charge in [0.25, 0.3) is 0 Å². The van der Waals surface area contributed by atoms with Gasteiger partial charge in [0.15, 0.2) is 0 Å². The highest BCUT2D eigenvalue weighted by Crippen LogP contribution is 2.27. The van der Waals surface area contributed by atoms with E-state index in [1.165, 1.54) is 16.3 Å². The molecule has 2 heterocycles. The average molecular weight is 438 g/mol. The molecule has 0 atom stereocenters. The zero-order chi connectivity index (χ0) is 19.3. The highest BCUT2D eigenvalue weighted by Gasteiger charge is 2.18. The van der Waals surface area contributed by atoms with Crippen LogP contribution >= 0.6 is 16.1 Å². The molecule has 144 valence electrons. The molecule has 4 rings (SSSR count). The second-order valence-corrected chi connectivity index (χ2v) is 7.91. The summed E-state index contributed by atoms with van der Waals surface area (Å²) in [6.45, 7) is 3.92. The molecule has 1 fully saturated rings. The Balaban J connectivity index is 1.62. The molecule has 2 aromatic carbocycles. The average Bonchev–Trinajstić information content (AvgIpc) is 2.74. The molecule has 0 saturated carbocycles. The molecule has 1 saturated heterocycles. The van der Waals surface area contributed by atoms with Crippen molar-refractivity contribution in [3.63, 3.8) is 0 Å². The number of allylic oxidation sites excluding steroid dienone is 1. The predicted molar refractivity (Wildman–Crippen MR) is 120 cm³/mol. The number of hydrogen-bond acceptors (Lipinski definition) is 4. The number of hydrogen-bond donors (Lipinski definition) is 0. The standard InChI is InChI=1S/C23H24BrN3O/c1-28-22-12-5-3-7-18(22)9-6-10-20-17-19-8-2-4-11-21(19)23(25-20)26-13-15-27(24)16-14-26/h2-8,10-12,17H,9,13-16H2,1H3/b10-6+. The van der Waals surface area contributed by atoms with Crippen molar-refractivity contribution in [3.05, 3.63) is 71.9 Å². The number of fused-ring (bicyclic) bond motifs is 1. The van der Waals surface area contributed by atoms with Gasteiger partial charge in [-0.05, 0) is 35.6 Å². The molecule has 0 radical (unpaired) electrons. The Morgan fingerprint density at radius 2 is 1.79 bits per heavy atom. The van der Waals surface area contributed by atoms with E-state index in [-0.39, 0.29) is 0 Å². The van der Waals surface area contributed by atoms with Crippen LogP contribution in [-0.2, 0) is 6.42 Å². The van der Waals surface area contributed by atoms with Crippen LogP contribution in [0.15, 0.2) is 60.7 Å². The number of anilines is 1. The summed E-state index contributed by atoms with van der Waals surface area (Å²) in [4.78, 5) is 7.38. The lowest BCUT2D eigenvalue weighted by molar-refractivity contribution is 0.411. The van der Waals surface area contributed by atoms with Crippen LogP contribution in [0.3, 0.4) is 0 Å². The van der Waals surface area contributed by atoms with Crippen molar-refractivity contribution >= 4 is 38.8 Å². The van der Waals surface area contributed by atoms with Crippen LogP contribution in [0.1, 0.15) is 11.3 Å². The summed E-state index contributed by atoms with van der Waals surface area (Å²) in [5, 5.41) is 2.44. The summed E-state index contributed by atoms with van der Waals surface area (Å²) in [6, 6.07) is 18.8. The van der Waals surface area contributed by atoms with Crippen LogP contribution in [0.5, 0.6) is 5.75 Å². The van der Waals surface area contributed by atoms with Gasteiger partial charge in [-0.25, -0.2) is 8.91 Å². The fourth-order valence-electron chi connectivity index (χ4n) is 3.60. The maximum atomic E-state index is 5.45. The quantitative estimate of drug-likeness (QED) is 0.529. The Morgan fingerprint density at radius 3 is 2.61 bits per heavy atom. The van der Waals surface area contributed by atoms with E-state index in [0.717, 1.165) is 49.9 Å². The van der Waals surface area contributed by atoms with Crippen LogP contribution in [0.4, 0.5) is 5.82 Å². The van der Waals surface area contributed by atoms with E-state index in [0.29, 0.717) is 0 Å². The fourth-order valence-corrected chi connectivity index (χ4v) is 3.92. The normalized spacial score (nSPS) is 15.4. The molecular formula is C23H24BrN3O. The van der Waals surface area contributed by atoms with Crippen LogP contribution in [0.25, 0.3) is 16.8 Å². The molecule has 1 aliphatic rings. The Kier molecular flexibility index (Phi) is 5.93. The van der Waals surface area contributed by atoms with E-state index in [9.17, 15) is 0 Å². The number of rotatable bonds is 5. The van der Waals surface area contributed by atoms with Gasteiger partial charge in [-0.15, -0.1) is 0 Å². The number of piperazine rings is 1. The molecule has 0 spiro atoms. The molecule has 1 aromatic heterocycles. The van der Waals surface area contributed by atoms with E-state index >= 15 is 0 Å². The van der Waals surface area contributed by atoms with Crippen molar-refractivity contribution in [2.75, 3.05) is 38.2 Å². The van der Waals surface area contributed by atoms with E-state index in [1.54, 1.807) is 7.11 Å². The summed E-state index contributed by atoms with van der Waals surface area (Å²) in [7, 11) is 1.71. The zero-order valence-electron chi connectivity index (χ0n) is 16.0. The lowest BCUT2D eigenvalue weighted by Gasteiger charge is -2.32. The van der Waals surface area contributed by atoms with Gasteiger partial charge in [-0.3, -0.25) is 0 Å². The minimum atomic E-state index is 0.816. The summed E-state index contributed by atoms with van der Waals surface area (Å²) >= 11 is 3.59. The molecule has 0 amide bonds. The third kappa shape index (κ3) is 4.21. The van der Waals surface area contributed by atoms with Gasteiger partial charge < -0.3 is 9.64 Å². The van der Waals surface area contributed by atoms with Gasteiger partial charge in [0.05, 0.1) is 12.8 Å². The number of methoxy groups -OCH3 is 1. The topological polar surface area (TPSA) is 28.6 Å². The first-order chi connectivity index (χ1) is 13.7. The van der Waals surface area contributed by atoms with Gasteiger partial charge in [-0.1, -0.05) is 48.5 Å². The molecule has 0 aliphatic carbocycles. The van der Waals surface area contributed by atoms with Crippen molar-refractivity contribution in [2.45, 2.75) is 6.42 Å². The number of ether oxygens (including phenoxy) is 1. The molecule has 3 aromatic rings. The Morgan fingerprint density at radius 1 is 1.04 bits per heavy atom. The van der Waals surface area contributed by atoms with Crippen molar-refractivity contribution < 1.29 is 4.74 Å². The van der Waals surface area contributed by atoms with Crippen molar-refractivity contribution in [1.29, 1.82) is 0 Å².